The van der Waals surface area contributed by atoms with Crippen molar-refractivity contribution in [2.75, 3.05) is 13.2 Å². The second-order valence-corrected chi connectivity index (χ2v) is 2.99. The molecule has 0 amide bonds. The lowest BCUT2D eigenvalue weighted by atomic mass is 10.2. The van der Waals surface area contributed by atoms with Gasteiger partial charge in [0.2, 0.25) is 0 Å². The molecule has 2 unspecified atom stereocenters. The van der Waals surface area contributed by atoms with E-state index in [1.54, 1.807) is 0 Å². The van der Waals surface area contributed by atoms with Gasteiger partial charge in [0.15, 0.2) is 0 Å². The average Bonchev–Trinajstić information content (AvgIpc) is 2.59. The zero-order valence-corrected chi connectivity index (χ0v) is 7.45. The normalized spacial score (nSPS) is 25.2. The SMILES string of the molecule is CCC(C#N)OCC1CCCO1. The van der Waals surface area contributed by atoms with E-state index in [0.717, 1.165) is 25.9 Å². The average molecular weight is 169 g/mol. The van der Waals surface area contributed by atoms with Crippen LogP contribution in [0.1, 0.15) is 26.2 Å². The van der Waals surface area contributed by atoms with Crippen LogP contribution < -0.4 is 0 Å². The highest BCUT2D eigenvalue weighted by Gasteiger charge is 2.17. The van der Waals surface area contributed by atoms with Crippen LogP contribution in [-0.4, -0.2) is 25.4 Å². The maximum Gasteiger partial charge on any atom is 0.143 e. The molecule has 0 N–H and O–H groups in total. The summed E-state index contributed by atoms with van der Waals surface area (Å²) in [5.74, 6) is 0. The summed E-state index contributed by atoms with van der Waals surface area (Å²) in [6.07, 6.45) is 2.92. The van der Waals surface area contributed by atoms with Gasteiger partial charge < -0.3 is 9.47 Å². The molecule has 1 rings (SSSR count). The predicted molar refractivity (Wildman–Crippen MR) is 44.6 cm³/mol. The first-order valence-electron chi connectivity index (χ1n) is 4.49. The van der Waals surface area contributed by atoms with Crippen molar-refractivity contribution in [1.82, 2.24) is 0 Å². The van der Waals surface area contributed by atoms with Crippen molar-refractivity contribution in [3.63, 3.8) is 0 Å². The fourth-order valence-electron chi connectivity index (χ4n) is 1.25. The van der Waals surface area contributed by atoms with Crippen molar-refractivity contribution in [3.05, 3.63) is 0 Å². The van der Waals surface area contributed by atoms with E-state index in [2.05, 4.69) is 6.07 Å². The van der Waals surface area contributed by atoms with E-state index in [1.165, 1.54) is 0 Å². The molecular formula is C9H15NO2. The minimum atomic E-state index is -0.255. The van der Waals surface area contributed by atoms with Crippen LogP contribution in [0.3, 0.4) is 0 Å². The van der Waals surface area contributed by atoms with Crippen LogP contribution in [0.2, 0.25) is 0 Å². The molecule has 3 nitrogen and oxygen atoms in total. The largest absolute Gasteiger partial charge is 0.376 e. The Kier molecular flexibility index (Phi) is 4.06. The molecule has 3 heteroatoms. The number of nitrogens with zero attached hydrogens (tertiary/aromatic N) is 1. The van der Waals surface area contributed by atoms with Gasteiger partial charge in [-0.2, -0.15) is 5.26 Å². The number of ether oxygens (including phenoxy) is 2. The van der Waals surface area contributed by atoms with Crippen molar-refractivity contribution in [3.8, 4) is 6.07 Å². The summed E-state index contributed by atoms with van der Waals surface area (Å²) in [5, 5.41) is 8.58. The second kappa shape index (κ2) is 5.13. The number of rotatable bonds is 4. The third-order valence-corrected chi connectivity index (χ3v) is 2.02. The van der Waals surface area contributed by atoms with Gasteiger partial charge in [-0.25, -0.2) is 0 Å². The van der Waals surface area contributed by atoms with Gasteiger partial charge in [-0.05, 0) is 19.3 Å². The van der Waals surface area contributed by atoms with E-state index >= 15 is 0 Å². The molecule has 0 aromatic rings. The van der Waals surface area contributed by atoms with Crippen LogP contribution in [-0.2, 0) is 9.47 Å². The quantitative estimate of drug-likeness (QED) is 0.640. The highest BCUT2D eigenvalue weighted by molar-refractivity contribution is 4.82. The minimum Gasteiger partial charge on any atom is -0.376 e. The number of hydrogen-bond acceptors (Lipinski definition) is 3. The Morgan fingerprint density at radius 1 is 1.75 bits per heavy atom. The van der Waals surface area contributed by atoms with Gasteiger partial charge in [0.1, 0.15) is 6.10 Å². The molecule has 0 aromatic carbocycles. The van der Waals surface area contributed by atoms with Crippen LogP contribution in [0, 0.1) is 11.3 Å². The topological polar surface area (TPSA) is 42.2 Å². The lowest BCUT2D eigenvalue weighted by Crippen LogP contribution is -2.19. The number of hydrogen-bond donors (Lipinski definition) is 0. The first-order valence-corrected chi connectivity index (χ1v) is 4.49. The molecule has 0 spiro atoms. The number of nitriles is 1. The third kappa shape index (κ3) is 2.80. The van der Waals surface area contributed by atoms with Crippen LogP contribution in [0.15, 0.2) is 0 Å². The van der Waals surface area contributed by atoms with E-state index < -0.39 is 0 Å². The predicted octanol–water partition coefficient (Wildman–Crippen LogP) is 1.48. The Morgan fingerprint density at radius 3 is 3.08 bits per heavy atom. The molecule has 12 heavy (non-hydrogen) atoms. The summed E-state index contributed by atoms with van der Waals surface area (Å²) in [5.41, 5.74) is 0. The molecule has 2 atom stereocenters. The molecule has 68 valence electrons. The molecule has 1 aliphatic rings. The maximum atomic E-state index is 8.58. The molecule has 1 fully saturated rings. The molecule has 1 aliphatic heterocycles. The van der Waals surface area contributed by atoms with Gasteiger partial charge in [0.05, 0.1) is 18.8 Å². The Morgan fingerprint density at radius 2 is 2.58 bits per heavy atom. The second-order valence-electron chi connectivity index (χ2n) is 2.99. The van der Waals surface area contributed by atoms with E-state index in [0.29, 0.717) is 6.61 Å². The zero-order valence-electron chi connectivity index (χ0n) is 7.45. The summed E-state index contributed by atoms with van der Waals surface area (Å²) >= 11 is 0. The monoisotopic (exact) mass is 169 g/mol. The summed E-state index contributed by atoms with van der Waals surface area (Å²) in [4.78, 5) is 0. The van der Waals surface area contributed by atoms with Crippen molar-refractivity contribution in [1.29, 1.82) is 5.26 Å². The Hall–Kier alpha value is -0.590. The highest BCUT2D eigenvalue weighted by Crippen LogP contribution is 2.13. The summed E-state index contributed by atoms with van der Waals surface area (Å²) in [6.45, 7) is 3.37. The first-order chi connectivity index (χ1) is 5.86. The Bertz CT molecular complexity index is 158. The van der Waals surface area contributed by atoms with Gasteiger partial charge in [-0.1, -0.05) is 6.92 Å². The zero-order chi connectivity index (χ0) is 8.81. The first kappa shape index (κ1) is 9.50. The molecule has 0 aromatic heterocycles. The molecule has 0 aliphatic carbocycles. The summed E-state index contributed by atoms with van der Waals surface area (Å²) in [7, 11) is 0. The van der Waals surface area contributed by atoms with Crippen molar-refractivity contribution in [2.45, 2.75) is 38.4 Å². The standard InChI is InChI=1S/C9H15NO2/c1-2-8(6-10)12-7-9-4-3-5-11-9/h8-9H,2-5,7H2,1H3. The fourth-order valence-corrected chi connectivity index (χ4v) is 1.25. The van der Waals surface area contributed by atoms with Gasteiger partial charge in [0.25, 0.3) is 0 Å². The molecule has 0 radical (unpaired) electrons. The Balaban J connectivity index is 2.11. The van der Waals surface area contributed by atoms with Crippen LogP contribution in [0.25, 0.3) is 0 Å². The van der Waals surface area contributed by atoms with Gasteiger partial charge >= 0.3 is 0 Å². The van der Waals surface area contributed by atoms with E-state index in [-0.39, 0.29) is 12.2 Å². The van der Waals surface area contributed by atoms with Crippen molar-refractivity contribution < 1.29 is 9.47 Å². The molecule has 0 bridgehead atoms. The molecule has 1 saturated heterocycles. The van der Waals surface area contributed by atoms with Crippen molar-refractivity contribution >= 4 is 0 Å². The fraction of sp³-hybridized carbons (Fsp3) is 0.889. The maximum absolute atomic E-state index is 8.58. The lowest BCUT2D eigenvalue weighted by molar-refractivity contribution is -0.00293. The van der Waals surface area contributed by atoms with Crippen LogP contribution in [0.5, 0.6) is 0 Å². The smallest absolute Gasteiger partial charge is 0.143 e. The van der Waals surface area contributed by atoms with Crippen LogP contribution >= 0.6 is 0 Å². The van der Waals surface area contributed by atoms with Crippen LogP contribution in [0.4, 0.5) is 0 Å². The highest BCUT2D eigenvalue weighted by atomic mass is 16.5. The lowest BCUT2D eigenvalue weighted by Gasteiger charge is -2.12. The Labute approximate surface area is 73.3 Å². The van der Waals surface area contributed by atoms with E-state index in [1.807, 2.05) is 6.92 Å². The van der Waals surface area contributed by atoms with Gasteiger partial charge in [-0.15, -0.1) is 0 Å². The van der Waals surface area contributed by atoms with Crippen molar-refractivity contribution in [2.24, 2.45) is 0 Å². The minimum absolute atomic E-state index is 0.229. The van der Waals surface area contributed by atoms with Gasteiger partial charge in [-0.3, -0.25) is 0 Å². The molecular weight excluding hydrogens is 154 g/mol. The van der Waals surface area contributed by atoms with E-state index in [9.17, 15) is 0 Å². The van der Waals surface area contributed by atoms with E-state index in [4.69, 9.17) is 14.7 Å². The molecule has 0 saturated carbocycles. The summed E-state index contributed by atoms with van der Waals surface area (Å²) in [6, 6.07) is 2.10. The van der Waals surface area contributed by atoms with Gasteiger partial charge in [0, 0.05) is 6.61 Å². The third-order valence-electron chi connectivity index (χ3n) is 2.02. The summed E-state index contributed by atoms with van der Waals surface area (Å²) < 4.78 is 10.7. The molecule has 1 heterocycles.